The molecule has 27 heavy (non-hydrogen) atoms. The van der Waals surface area contributed by atoms with Gasteiger partial charge in [-0.3, -0.25) is 14.3 Å². The number of nitrogens with zero attached hydrogens (tertiary/aromatic N) is 2. The second-order valence-electron chi connectivity index (χ2n) is 6.89. The van der Waals surface area contributed by atoms with Crippen molar-refractivity contribution in [3.05, 3.63) is 41.2 Å². The van der Waals surface area contributed by atoms with E-state index in [0.717, 1.165) is 23.6 Å². The number of rotatable bonds is 7. The van der Waals surface area contributed by atoms with E-state index in [4.69, 9.17) is 4.74 Å². The van der Waals surface area contributed by atoms with Crippen LogP contribution < -0.4 is 15.4 Å². The molecule has 2 aromatic rings. The number of hydrogen-bond donors (Lipinski definition) is 2. The third-order valence-corrected chi connectivity index (χ3v) is 4.24. The average Bonchev–Trinajstić information content (AvgIpc) is 2.88. The molecular formula is C20H28N4O3. The fourth-order valence-corrected chi connectivity index (χ4v) is 2.87. The van der Waals surface area contributed by atoms with E-state index in [1.54, 1.807) is 7.11 Å². The van der Waals surface area contributed by atoms with Crippen LogP contribution in [0.15, 0.2) is 24.3 Å². The fourth-order valence-electron chi connectivity index (χ4n) is 2.87. The summed E-state index contributed by atoms with van der Waals surface area (Å²) >= 11 is 0. The number of para-hydroxylation sites is 1. The second-order valence-corrected chi connectivity index (χ2v) is 6.89. The van der Waals surface area contributed by atoms with E-state index in [2.05, 4.69) is 29.6 Å². The van der Waals surface area contributed by atoms with Crippen molar-refractivity contribution < 1.29 is 14.3 Å². The lowest BCUT2D eigenvalue weighted by Crippen LogP contribution is -2.36. The highest BCUT2D eigenvalue weighted by Crippen LogP contribution is 2.20. The molecular weight excluding hydrogens is 344 g/mol. The van der Waals surface area contributed by atoms with Gasteiger partial charge in [0.25, 0.3) is 0 Å². The van der Waals surface area contributed by atoms with Crippen LogP contribution >= 0.6 is 0 Å². The van der Waals surface area contributed by atoms with Crippen molar-refractivity contribution in [1.29, 1.82) is 0 Å². The molecule has 1 heterocycles. The van der Waals surface area contributed by atoms with Crippen molar-refractivity contribution in [1.82, 2.24) is 15.1 Å². The number of methoxy groups -OCH3 is 1. The second kappa shape index (κ2) is 9.21. The summed E-state index contributed by atoms with van der Waals surface area (Å²) in [5.41, 5.74) is 3.11. The Balaban J connectivity index is 1.92. The average molecular weight is 372 g/mol. The lowest BCUT2D eigenvalue weighted by Gasteiger charge is -2.10. The number of hydrogen-bond acceptors (Lipinski definition) is 4. The van der Waals surface area contributed by atoms with E-state index in [-0.39, 0.29) is 0 Å². The van der Waals surface area contributed by atoms with Gasteiger partial charge in [0.2, 0.25) is 0 Å². The van der Waals surface area contributed by atoms with Gasteiger partial charge in [-0.15, -0.1) is 0 Å². The zero-order valence-electron chi connectivity index (χ0n) is 16.6. The number of anilines is 1. The van der Waals surface area contributed by atoms with Gasteiger partial charge in [-0.2, -0.15) is 5.10 Å². The summed E-state index contributed by atoms with van der Waals surface area (Å²) in [6, 6.07) is 7.59. The van der Waals surface area contributed by atoms with Crippen molar-refractivity contribution in [2.45, 2.75) is 40.7 Å². The first-order valence-electron chi connectivity index (χ1n) is 9.08. The maximum absolute atomic E-state index is 12.2. The summed E-state index contributed by atoms with van der Waals surface area (Å²) in [5.74, 6) is -0.157. The smallest absolute Gasteiger partial charge is 0.313 e. The molecule has 0 fully saturated rings. The molecule has 1 aromatic heterocycles. The summed E-state index contributed by atoms with van der Waals surface area (Å²) in [6.45, 7) is 9.01. The Hall–Kier alpha value is -2.83. The van der Waals surface area contributed by atoms with Crippen LogP contribution in [0.1, 0.15) is 30.8 Å². The van der Waals surface area contributed by atoms with E-state index in [1.165, 1.54) is 0 Å². The van der Waals surface area contributed by atoms with Crippen LogP contribution in [0.2, 0.25) is 0 Å². The van der Waals surface area contributed by atoms with Crippen molar-refractivity contribution in [2.24, 2.45) is 5.92 Å². The summed E-state index contributed by atoms with van der Waals surface area (Å²) in [6.07, 6.45) is 0.577. The minimum Gasteiger partial charge on any atom is -0.496 e. The maximum atomic E-state index is 12.2. The number of nitrogens with one attached hydrogen (secondary N) is 2. The zero-order chi connectivity index (χ0) is 20.0. The topological polar surface area (TPSA) is 85.2 Å². The van der Waals surface area contributed by atoms with E-state index in [9.17, 15) is 9.59 Å². The number of ether oxygens (including phenoxy) is 1. The van der Waals surface area contributed by atoms with Gasteiger partial charge < -0.3 is 15.4 Å². The Morgan fingerprint density at radius 1 is 1.19 bits per heavy atom. The van der Waals surface area contributed by atoms with Crippen LogP contribution in [-0.4, -0.2) is 35.2 Å². The highest BCUT2D eigenvalue weighted by atomic mass is 16.5. The molecule has 2 N–H and O–H groups in total. The van der Waals surface area contributed by atoms with Crippen LogP contribution in [-0.2, 0) is 22.6 Å². The molecule has 0 spiro atoms. The molecule has 2 amide bonds. The van der Waals surface area contributed by atoms with Crippen molar-refractivity contribution >= 4 is 17.5 Å². The number of carbonyl (C=O) groups excluding carboxylic acids is 2. The lowest BCUT2D eigenvalue weighted by molar-refractivity contribution is -0.136. The zero-order valence-corrected chi connectivity index (χ0v) is 16.6. The van der Waals surface area contributed by atoms with Gasteiger partial charge in [-0.05, 0) is 37.8 Å². The van der Waals surface area contributed by atoms with Crippen molar-refractivity contribution in [2.75, 3.05) is 19.0 Å². The molecule has 0 bridgehead atoms. The minimum absolute atomic E-state index is 0.344. The molecule has 0 saturated carbocycles. The fraction of sp³-hybridized carbons (Fsp3) is 0.450. The molecule has 0 aliphatic carbocycles. The first kappa shape index (κ1) is 20.5. The number of aromatic nitrogens is 2. The normalized spacial score (nSPS) is 10.7. The first-order valence-corrected chi connectivity index (χ1v) is 9.08. The van der Waals surface area contributed by atoms with Crippen LogP contribution in [0, 0.1) is 19.8 Å². The van der Waals surface area contributed by atoms with Crippen LogP contribution in [0.25, 0.3) is 0 Å². The van der Waals surface area contributed by atoms with Gasteiger partial charge in [-0.1, -0.05) is 32.0 Å². The van der Waals surface area contributed by atoms with Gasteiger partial charge in [0.15, 0.2) is 0 Å². The third kappa shape index (κ3) is 5.32. The van der Waals surface area contributed by atoms with E-state index in [0.29, 0.717) is 30.3 Å². The Morgan fingerprint density at radius 2 is 1.89 bits per heavy atom. The highest BCUT2D eigenvalue weighted by molar-refractivity contribution is 6.39. The summed E-state index contributed by atoms with van der Waals surface area (Å²) < 4.78 is 7.14. The van der Waals surface area contributed by atoms with Crippen LogP contribution in [0.4, 0.5) is 5.69 Å². The molecule has 0 atom stereocenters. The Bertz CT molecular complexity index is 812. The van der Waals surface area contributed by atoms with Gasteiger partial charge in [0.1, 0.15) is 5.75 Å². The summed E-state index contributed by atoms with van der Waals surface area (Å²) in [5, 5.41) is 9.77. The number of amides is 2. The largest absolute Gasteiger partial charge is 0.496 e. The lowest BCUT2D eigenvalue weighted by atomic mass is 10.1. The summed E-state index contributed by atoms with van der Waals surface area (Å²) in [4.78, 5) is 24.3. The van der Waals surface area contributed by atoms with Gasteiger partial charge in [-0.25, -0.2) is 0 Å². The first-order chi connectivity index (χ1) is 12.8. The molecule has 0 radical (unpaired) electrons. The molecule has 146 valence electrons. The SMILES string of the molecule is COc1ccccc1CCNC(=O)C(=O)Nc1c(C)nn(CC(C)C)c1C. The molecule has 0 saturated heterocycles. The third-order valence-electron chi connectivity index (χ3n) is 4.24. The predicted octanol–water partition coefficient (Wildman–Crippen LogP) is 2.46. The van der Waals surface area contributed by atoms with Gasteiger partial charge in [0.05, 0.1) is 24.2 Å². The van der Waals surface area contributed by atoms with Crippen molar-refractivity contribution in [3.8, 4) is 5.75 Å². The Labute approximate surface area is 160 Å². The Morgan fingerprint density at radius 3 is 2.56 bits per heavy atom. The minimum atomic E-state index is -0.690. The van der Waals surface area contributed by atoms with Crippen LogP contribution in [0.3, 0.4) is 0 Å². The molecule has 0 unspecified atom stereocenters. The van der Waals surface area contributed by atoms with Gasteiger partial charge >= 0.3 is 11.8 Å². The molecule has 0 aliphatic rings. The number of benzene rings is 1. The maximum Gasteiger partial charge on any atom is 0.313 e. The number of carbonyl (C=O) groups is 2. The van der Waals surface area contributed by atoms with E-state index < -0.39 is 11.8 Å². The van der Waals surface area contributed by atoms with Gasteiger partial charge in [0, 0.05) is 13.1 Å². The molecule has 2 rings (SSSR count). The monoisotopic (exact) mass is 372 g/mol. The van der Waals surface area contributed by atoms with Crippen LogP contribution in [0.5, 0.6) is 5.75 Å². The quantitative estimate of drug-likeness (QED) is 0.731. The highest BCUT2D eigenvalue weighted by Gasteiger charge is 2.19. The summed E-state index contributed by atoms with van der Waals surface area (Å²) in [7, 11) is 1.61. The Kier molecular flexibility index (Phi) is 6.98. The van der Waals surface area contributed by atoms with Crippen molar-refractivity contribution in [3.63, 3.8) is 0 Å². The van der Waals surface area contributed by atoms with E-state index in [1.807, 2.05) is 42.8 Å². The molecule has 7 nitrogen and oxygen atoms in total. The predicted molar refractivity (Wildman–Crippen MR) is 105 cm³/mol. The standard InChI is InChI=1S/C20H28N4O3/c1-13(2)12-24-15(4)18(14(3)23-24)22-20(26)19(25)21-11-10-16-8-6-7-9-17(16)27-5/h6-9,13H,10-12H2,1-5H3,(H,21,25)(H,22,26). The molecule has 1 aromatic carbocycles. The molecule has 7 heteroatoms. The number of aryl methyl sites for hydroxylation is 1. The van der Waals surface area contributed by atoms with E-state index >= 15 is 0 Å². The molecule has 0 aliphatic heterocycles.